The van der Waals surface area contributed by atoms with Crippen molar-refractivity contribution < 1.29 is 9.59 Å². The van der Waals surface area contributed by atoms with Gasteiger partial charge in [0.05, 0.1) is 5.92 Å². The van der Waals surface area contributed by atoms with E-state index in [0.29, 0.717) is 25.9 Å². The summed E-state index contributed by atoms with van der Waals surface area (Å²) in [4.78, 5) is 25.8. The van der Waals surface area contributed by atoms with Crippen LogP contribution in [0.1, 0.15) is 37.3 Å². The molecule has 4 heteroatoms. The van der Waals surface area contributed by atoms with Crippen LogP contribution >= 0.6 is 0 Å². The van der Waals surface area contributed by atoms with Gasteiger partial charge in [0.1, 0.15) is 0 Å². The molecule has 0 radical (unpaired) electrons. The monoisotopic (exact) mass is 288 g/mol. The minimum atomic E-state index is -0.0697. The number of benzene rings is 1. The van der Waals surface area contributed by atoms with Crippen LogP contribution in [0.4, 0.5) is 0 Å². The van der Waals surface area contributed by atoms with Crippen molar-refractivity contribution in [1.29, 1.82) is 0 Å². The molecule has 2 amide bonds. The predicted molar refractivity (Wildman–Crippen MR) is 82.6 cm³/mol. The van der Waals surface area contributed by atoms with Crippen molar-refractivity contribution in [2.24, 2.45) is 5.92 Å². The van der Waals surface area contributed by atoms with E-state index in [9.17, 15) is 9.59 Å². The summed E-state index contributed by atoms with van der Waals surface area (Å²) in [5.74, 6) is 0.150. The van der Waals surface area contributed by atoms with Crippen molar-refractivity contribution >= 4 is 11.8 Å². The van der Waals surface area contributed by atoms with Crippen molar-refractivity contribution in [2.45, 2.75) is 39.7 Å². The molecular formula is C17H24N2O2. The first-order valence-electron chi connectivity index (χ1n) is 7.71. The van der Waals surface area contributed by atoms with Crippen LogP contribution in [-0.4, -0.2) is 29.8 Å². The van der Waals surface area contributed by atoms with Gasteiger partial charge in [0.25, 0.3) is 0 Å². The number of carbonyl (C=O) groups excluding carboxylic acids is 2. The van der Waals surface area contributed by atoms with Crippen LogP contribution in [0.2, 0.25) is 0 Å². The first-order valence-corrected chi connectivity index (χ1v) is 7.71. The maximum absolute atomic E-state index is 12.6. The van der Waals surface area contributed by atoms with Crippen molar-refractivity contribution in [3.05, 3.63) is 35.4 Å². The Bertz CT molecular complexity index is 486. The number of piperidine rings is 1. The van der Waals surface area contributed by atoms with E-state index in [4.69, 9.17) is 0 Å². The molecule has 4 nitrogen and oxygen atoms in total. The quantitative estimate of drug-likeness (QED) is 0.903. The molecule has 0 saturated carbocycles. The molecule has 2 rings (SSSR count). The molecule has 1 aromatic carbocycles. The summed E-state index contributed by atoms with van der Waals surface area (Å²) in [6, 6.07) is 8.30. The molecule has 1 saturated heterocycles. The van der Waals surface area contributed by atoms with Gasteiger partial charge in [-0.3, -0.25) is 9.59 Å². The van der Waals surface area contributed by atoms with Gasteiger partial charge in [0, 0.05) is 26.1 Å². The number of nitrogens with zero attached hydrogens (tertiary/aromatic N) is 1. The summed E-state index contributed by atoms with van der Waals surface area (Å²) < 4.78 is 0. The van der Waals surface area contributed by atoms with Gasteiger partial charge in [0.15, 0.2) is 0 Å². The SMILES string of the molecule is CCCN(Cc1ccc(C)cc1)C(=O)C1CCC(=O)NC1. The number of rotatable bonds is 5. The lowest BCUT2D eigenvalue weighted by atomic mass is 9.97. The highest BCUT2D eigenvalue weighted by molar-refractivity contribution is 5.83. The summed E-state index contributed by atoms with van der Waals surface area (Å²) in [6.45, 7) is 6.03. The molecule has 1 aromatic rings. The number of amides is 2. The molecule has 1 atom stereocenters. The third-order valence-electron chi connectivity index (χ3n) is 3.91. The second-order valence-corrected chi connectivity index (χ2v) is 5.79. The molecule has 0 aliphatic carbocycles. The van der Waals surface area contributed by atoms with Crippen LogP contribution in [0.25, 0.3) is 0 Å². The molecule has 1 aliphatic rings. The van der Waals surface area contributed by atoms with E-state index in [0.717, 1.165) is 18.5 Å². The summed E-state index contributed by atoms with van der Waals surface area (Å²) in [6.07, 6.45) is 2.07. The highest BCUT2D eigenvalue weighted by atomic mass is 16.2. The van der Waals surface area contributed by atoms with Gasteiger partial charge < -0.3 is 10.2 Å². The van der Waals surface area contributed by atoms with Crippen molar-refractivity contribution in [2.75, 3.05) is 13.1 Å². The number of nitrogens with one attached hydrogen (secondary N) is 1. The number of carbonyl (C=O) groups is 2. The van der Waals surface area contributed by atoms with E-state index < -0.39 is 0 Å². The lowest BCUT2D eigenvalue weighted by Crippen LogP contribution is -2.44. The Balaban J connectivity index is 2.01. The normalized spacial score (nSPS) is 18.2. The van der Waals surface area contributed by atoms with Crippen LogP contribution in [0.15, 0.2) is 24.3 Å². The fourth-order valence-corrected chi connectivity index (χ4v) is 2.65. The number of hydrogen-bond acceptors (Lipinski definition) is 2. The minimum Gasteiger partial charge on any atom is -0.355 e. The van der Waals surface area contributed by atoms with Gasteiger partial charge in [0.2, 0.25) is 11.8 Å². The average molecular weight is 288 g/mol. The van der Waals surface area contributed by atoms with Crippen LogP contribution < -0.4 is 5.32 Å². The van der Waals surface area contributed by atoms with E-state index in [2.05, 4.69) is 43.4 Å². The van der Waals surface area contributed by atoms with Crippen molar-refractivity contribution in [3.63, 3.8) is 0 Å². The first-order chi connectivity index (χ1) is 10.1. The Labute approximate surface area is 126 Å². The molecule has 21 heavy (non-hydrogen) atoms. The lowest BCUT2D eigenvalue weighted by molar-refractivity contribution is -0.138. The Morgan fingerprint density at radius 2 is 2.05 bits per heavy atom. The Hall–Kier alpha value is -1.84. The second-order valence-electron chi connectivity index (χ2n) is 5.79. The molecule has 114 valence electrons. The van der Waals surface area contributed by atoms with Gasteiger partial charge in [-0.1, -0.05) is 36.8 Å². The second kappa shape index (κ2) is 7.25. The van der Waals surface area contributed by atoms with Crippen LogP contribution in [-0.2, 0) is 16.1 Å². The Morgan fingerprint density at radius 1 is 1.33 bits per heavy atom. The molecule has 1 unspecified atom stereocenters. The molecule has 0 spiro atoms. The van der Waals surface area contributed by atoms with Crippen LogP contribution in [0.3, 0.4) is 0 Å². The van der Waals surface area contributed by atoms with Crippen LogP contribution in [0, 0.1) is 12.8 Å². The third kappa shape index (κ3) is 4.31. The number of hydrogen-bond donors (Lipinski definition) is 1. The van der Waals surface area contributed by atoms with Gasteiger partial charge in [-0.05, 0) is 25.3 Å². The van der Waals surface area contributed by atoms with Gasteiger partial charge in [-0.25, -0.2) is 0 Å². The lowest BCUT2D eigenvalue weighted by Gasteiger charge is -2.29. The average Bonchev–Trinajstić information content (AvgIpc) is 2.49. The smallest absolute Gasteiger partial charge is 0.227 e. The molecule has 0 aromatic heterocycles. The Kier molecular flexibility index (Phi) is 5.37. The highest BCUT2D eigenvalue weighted by Gasteiger charge is 2.28. The first kappa shape index (κ1) is 15.5. The van der Waals surface area contributed by atoms with E-state index in [1.54, 1.807) is 0 Å². The summed E-state index contributed by atoms with van der Waals surface area (Å²) >= 11 is 0. The molecule has 1 aliphatic heterocycles. The fraction of sp³-hybridized carbons (Fsp3) is 0.529. The maximum Gasteiger partial charge on any atom is 0.227 e. The standard InChI is InChI=1S/C17H24N2O2/c1-3-10-19(12-14-6-4-13(2)5-7-14)17(21)15-8-9-16(20)18-11-15/h4-7,15H,3,8-12H2,1-2H3,(H,18,20). The Morgan fingerprint density at radius 3 is 2.62 bits per heavy atom. The molecular weight excluding hydrogens is 264 g/mol. The van der Waals surface area contributed by atoms with Crippen LogP contribution in [0.5, 0.6) is 0 Å². The predicted octanol–water partition coefficient (Wildman–Crippen LogP) is 2.26. The van der Waals surface area contributed by atoms with E-state index >= 15 is 0 Å². The zero-order chi connectivity index (χ0) is 15.2. The van der Waals surface area contributed by atoms with Crippen molar-refractivity contribution in [3.8, 4) is 0 Å². The molecule has 1 heterocycles. The van der Waals surface area contributed by atoms with E-state index in [-0.39, 0.29) is 17.7 Å². The molecule has 0 bridgehead atoms. The van der Waals surface area contributed by atoms with E-state index in [1.165, 1.54) is 5.56 Å². The van der Waals surface area contributed by atoms with Crippen molar-refractivity contribution in [1.82, 2.24) is 10.2 Å². The van der Waals surface area contributed by atoms with Gasteiger partial charge in [-0.15, -0.1) is 0 Å². The summed E-state index contributed by atoms with van der Waals surface area (Å²) in [5, 5.41) is 2.79. The van der Waals surface area contributed by atoms with Gasteiger partial charge >= 0.3 is 0 Å². The molecule has 1 fully saturated rings. The summed E-state index contributed by atoms with van der Waals surface area (Å²) in [7, 11) is 0. The topological polar surface area (TPSA) is 49.4 Å². The number of aryl methyl sites for hydroxylation is 1. The summed E-state index contributed by atoms with van der Waals surface area (Å²) in [5.41, 5.74) is 2.38. The highest BCUT2D eigenvalue weighted by Crippen LogP contribution is 2.17. The zero-order valence-corrected chi connectivity index (χ0v) is 12.9. The zero-order valence-electron chi connectivity index (χ0n) is 12.9. The minimum absolute atomic E-state index is 0.0552. The third-order valence-corrected chi connectivity index (χ3v) is 3.91. The van der Waals surface area contributed by atoms with Gasteiger partial charge in [-0.2, -0.15) is 0 Å². The largest absolute Gasteiger partial charge is 0.355 e. The van der Waals surface area contributed by atoms with E-state index in [1.807, 2.05) is 4.90 Å². The maximum atomic E-state index is 12.6. The fourth-order valence-electron chi connectivity index (χ4n) is 2.65. The molecule has 1 N–H and O–H groups in total.